The van der Waals surface area contributed by atoms with Gasteiger partial charge in [-0.25, -0.2) is 9.97 Å². The molecule has 1 aliphatic heterocycles. The summed E-state index contributed by atoms with van der Waals surface area (Å²) in [6.45, 7) is 5.44. The van der Waals surface area contributed by atoms with E-state index in [1.165, 1.54) is 0 Å². The Balaban J connectivity index is 1.44. The van der Waals surface area contributed by atoms with Crippen molar-refractivity contribution < 1.29 is 14.2 Å². The molecule has 1 atom stereocenters. The van der Waals surface area contributed by atoms with E-state index in [-0.39, 0.29) is 6.10 Å². The van der Waals surface area contributed by atoms with Crippen molar-refractivity contribution in [1.29, 1.82) is 0 Å². The topological polar surface area (TPSA) is 61.6 Å². The molecule has 3 heterocycles. The Morgan fingerprint density at radius 2 is 1.82 bits per heavy atom. The number of halogens is 1. The molecule has 2 aromatic heterocycles. The van der Waals surface area contributed by atoms with Crippen molar-refractivity contribution in [2.24, 2.45) is 0 Å². The fourth-order valence-corrected chi connectivity index (χ4v) is 4.94. The number of pyridine rings is 1. The van der Waals surface area contributed by atoms with Crippen molar-refractivity contribution in [1.82, 2.24) is 19.4 Å². The maximum absolute atomic E-state index is 6.83. The lowest BCUT2D eigenvalue weighted by Crippen LogP contribution is -2.40. The van der Waals surface area contributed by atoms with Crippen molar-refractivity contribution in [3.05, 3.63) is 89.3 Å². The first-order valence-corrected chi connectivity index (χ1v) is 13.4. The molecule has 8 heteroatoms. The number of nitrogens with zero attached hydrogens (tertiary/aromatic N) is 4. The van der Waals surface area contributed by atoms with Crippen LogP contribution in [0.3, 0.4) is 0 Å². The van der Waals surface area contributed by atoms with Crippen LogP contribution in [-0.4, -0.2) is 45.8 Å². The standard InChI is InChI=1S/C30H33ClN4O3/c1-3-4-16-35-25(29(31)33-30(35)23-10-6-5-7-11-23)20-34(18-22-14-15-28(36-2)32-17-22)19-24-21-37-26-12-8-9-13-27(26)38-24/h5-15,17,24H,3-4,16,18-21H2,1-2H3. The molecule has 1 aliphatic rings. The molecule has 0 bridgehead atoms. The zero-order valence-corrected chi connectivity index (χ0v) is 22.6. The average Bonchev–Trinajstić information content (AvgIpc) is 3.27. The number of rotatable bonds is 11. The molecular weight excluding hydrogens is 500 g/mol. The number of methoxy groups -OCH3 is 1. The molecule has 0 radical (unpaired) electrons. The largest absolute Gasteiger partial charge is 0.486 e. The van der Waals surface area contributed by atoms with Crippen molar-refractivity contribution >= 4 is 11.6 Å². The van der Waals surface area contributed by atoms with Gasteiger partial charge in [0.2, 0.25) is 5.88 Å². The minimum atomic E-state index is -0.129. The number of para-hydroxylation sites is 2. The molecule has 0 N–H and O–H groups in total. The Labute approximate surface area is 229 Å². The highest BCUT2D eigenvalue weighted by Gasteiger charge is 2.26. The summed E-state index contributed by atoms with van der Waals surface area (Å²) in [5, 5.41) is 0.531. The molecule has 0 saturated heterocycles. The maximum Gasteiger partial charge on any atom is 0.212 e. The molecule has 0 saturated carbocycles. The zero-order chi connectivity index (χ0) is 26.3. The minimum absolute atomic E-state index is 0.129. The Kier molecular flexibility index (Phi) is 8.46. The van der Waals surface area contributed by atoms with Gasteiger partial charge in [0.05, 0.1) is 12.8 Å². The number of aromatic nitrogens is 3. The van der Waals surface area contributed by atoms with Crippen LogP contribution in [0.15, 0.2) is 72.9 Å². The van der Waals surface area contributed by atoms with Crippen LogP contribution in [0.4, 0.5) is 0 Å². The van der Waals surface area contributed by atoms with Crippen LogP contribution in [0, 0.1) is 0 Å². The first-order valence-electron chi connectivity index (χ1n) is 13.0. The van der Waals surface area contributed by atoms with Crippen LogP contribution in [0.1, 0.15) is 31.0 Å². The molecule has 2 aromatic carbocycles. The summed E-state index contributed by atoms with van der Waals surface area (Å²) >= 11 is 6.83. The van der Waals surface area contributed by atoms with E-state index in [2.05, 4.69) is 33.5 Å². The van der Waals surface area contributed by atoms with Gasteiger partial charge in [0, 0.05) is 44.0 Å². The van der Waals surface area contributed by atoms with E-state index >= 15 is 0 Å². The van der Waals surface area contributed by atoms with E-state index < -0.39 is 0 Å². The highest BCUT2D eigenvalue weighted by molar-refractivity contribution is 6.30. The summed E-state index contributed by atoms with van der Waals surface area (Å²) < 4.78 is 19.8. The SMILES string of the molecule is CCCCn1c(-c2ccccc2)nc(Cl)c1CN(Cc1ccc(OC)nc1)CC1COc2ccccc2O1. The molecule has 7 nitrogen and oxygen atoms in total. The molecule has 1 unspecified atom stereocenters. The van der Waals surface area contributed by atoms with E-state index in [4.69, 9.17) is 30.8 Å². The summed E-state index contributed by atoms with van der Waals surface area (Å²) in [5.74, 6) is 3.04. The molecular formula is C30H33ClN4O3. The summed E-state index contributed by atoms with van der Waals surface area (Å²) in [4.78, 5) is 11.5. The van der Waals surface area contributed by atoms with Crippen LogP contribution < -0.4 is 14.2 Å². The summed E-state index contributed by atoms with van der Waals surface area (Å²) in [5.41, 5.74) is 3.13. The van der Waals surface area contributed by atoms with Gasteiger partial charge in [-0.3, -0.25) is 4.90 Å². The normalized spacial score (nSPS) is 14.6. The third-order valence-corrected chi connectivity index (χ3v) is 6.91. The van der Waals surface area contributed by atoms with Crippen LogP contribution in [-0.2, 0) is 19.6 Å². The number of hydrogen-bond donors (Lipinski definition) is 0. The smallest absolute Gasteiger partial charge is 0.212 e. The van der Waals surface area contributed by atoms with Gasteiger partial charge < -0.3 is 18.8 Å². The van der Waals surface area contributed by atoms with E-state index in [1.54, 1.807) is 7.11 Å². The fourth-order valence-electron chi connectivity index (χ4n) is 4.69. The van der Waals surface area contributed by atoms with E-state index in [0.717, 1.165) is 53.5 Å². The van der Waals surface area contributed by atoms with E-state index in [1.807, 2.05) is 60.8 Å². The number of benzene rings is 2. The van der Waals surface area contributed by atoms with Crippen LogP contribution >= 0.6 is 11.6 Å². The highest BCUT2D eigenvalue weighted by Crippen LogP contribution is 2.32. The molecule has 0 aliphatic carbocycles. The molecule has 5 rings (SSSR count). The molecule has 4 aromatic rings. The zero-order valence-electron chi connectivity index (χ0n) is 21.8. The van der Waals surface area contributed by atoms with Crippen molar-refractivity contribution in [3.63, 3.8) is 0 Å². The van der Waals surface area contributed by atoms with Crippen molar-refractivity contribution in [2.75, 3.05) is 20.3 Å². The molecule has 0 amide bonds. The van der Waals surface area contributed by atoms with Gasteiger partial charge in [0.25, 0.3) is 0 Å². The number of imidazole rings is 1. The second-order valence-corrected chi connectivity index (χ2v) is 9.78. The van der Waals surface area contributed by atoms with Gasteiger partial charge in [-0.2, -0.15) is 0 Å². The van der Waals surface area contributed by atoms with Crippen molar-refractivity contribution in [3.8, 4) is 28.8 Å². The molecule has 198 valence electrons. The first kappa shape index (κ1) is 26.1. The fraction of sp³-hybridized carbons (Fsp3) is 0.333. The number of hydrogen-bond acceptors (Lipinski definition) is 6. The predicted octanol–water partition coefficient (Wildman–Crippen LogP) is 6.25. The van der Waals surface area contributed by atoms with E-state index in [0.29, 0.717) is 37.3 Å². The van der Waals surface area contributed by atoms with E-state index in [9.17, 15) is 0 Å². The number of fused-ring (bicyclic) bond motifs is 1. The van der Waals surface area contributed by atoms with Crippen LogP contribution in [0.5, 0.6) is 17.4 Å². The lowest BCUT2D eigenvalue weighted by Gasteiger charge is -2.31. The van der Waals surface area contributed by atoms with Gasteiger partial charge in [-0.1, -0.05) is 73.5 Å². The number of unbranched alkanes of at least 4 members (excludes halogenated alkanes) is 1. The lowest BCUT2D eigenvalue weighted by atomic mass is 10.2. The quantitative estimate of drug-likeness (QED) is 0.227. The van der Waals surface area contributed by atoms with Gasteiger partial charge in [-0.15, -0.1) is 0 Å². The first-order chi connectivity index (χ1) is 18.6. The second-order valence-electron chi connectivity index (χ2n) is 9.42. The molecule has 38 heavy (non-hydrogen) atoms. The third kappa shape index (κ3) is 6.11. The second kappa shape index (κ2) is 12.3. The number of ether oxygens (including phenoxy) is 3. The summed E-state index contributed by atoms with van der Waals surface area (Å²) in [6.07, 6.45) is 3.84. The lowest BCUT2D eigenvalue weighted by molar-refractivity contribution is 0.0534. The predicted molar refractivity (Wildman–Crippen MR) is 149 cm³/mol. The third-order valence-electron chi connectivity index (χ3n) is 6.61. The van der Waals surface area contributed by atoms with Crippen LogP contribution in [0.25, 0.3) is 11.4 Å². The maximum atomic E-state index is 6.83. The monoisotopic (exact) mass is 532 g/mol. The van der Waals surface area contributed by atoms with Gasteiger partial charge in [0.15, 0.2) is 16.7 Å². The van der Waals surface area contributed by atoms with Gasteiger partial charge in [-0.05, 0) is 24.1 Å². The van der Waals surface area contributed by atoms with Gasteiger partial charge in [0.1, 0.15) is 18.5 Å². The Morgan fingerprint density at radius 3 is 2.55 bits per heavy atom. The molecule has 0 fully saturated rings. The Hall–Kier alpha value is -3.55. The highest BCUT2D eigenvalue weighted by atomic mass is 35.5. The molecule has 0 spiro atoms. The van der Waals surface area contributed by atoms with Crippen LogP contribution in [0.2, 0.25) is 5.15 Å². The Morgan fingerprint density at radius 1 is 1.03 bits per heavy atom. The Bertz CT molecular complexity index is 1330. The summed E-state index contributed by atoms with van der Waals surface area (Å²) in [6, 6.07) is 22.0. The van der Waals surface area contributed by atoms with Gasteiger partial charge >= 0.3 is 0 Å². The van der Waals surface area contributed by atoms with Crippen molar-refractivity contribution in [2.45, 2.75) is 45.5 Å². The average molecular weight is 533 g/mol. The minimum Gasteiger partial charge on any atom is -0.486 e. The summed E-state index contributed by atoms with van der Waals surface area (Å²) in [7, 11) is 1.62.